The summed E-state index contributed by atoms with van der Waals surface area (Å²) in [6.45, 7) is 0.684. The summed E-state index contributed by atoms with van der Waals surface area (Å²) in [5.74, 6) is 1.00. The van der Waals surface area contributed by atoms with Gasteiger partial charge in [-0.15, -0.1) is 0 Å². The maximum Gasteiger partial charge on any atom is 0.115 e. The van der Waals surface area contributed by atoms with Crippen molar-refractivity contribution >= 4 is 11.2 Å². The number of hydrogen-bond donors (Lipinski definition) is 1. The molecule has 2 heterocycles. The summed E-state index contributed by atoms with van der Waals surface area (Å²) in [5.41, 5.74) is 7.45. The molecule has 2 aromatic heterocycles. The quantitative estimate of drug-likeness (QED) is 0.790. The monoisotopic (exact) mass is 191 g/mol. The van der Waals surface area contributed by atoms with Gasteiger partial charge in [0.2, 0.25) is 0 Å². The van der Waals surface area contributed by atoms with E-state index in [1.807, 2.05) is 28.9 Å². The van der Waals surface area contributed by atoms with Crippen LogP contribution >= 0.6 is 0 Å². The SMILES string of the molecule is COCCc1ncc2cc(N)ccn12. The predicted octanol–water partition coefficient (Wildman–Crippen LogP) is 1.11. The normalized spacial score (nSPS) is 10.9. The van der Waals surface area contributed by atoms with Crippen LogP contribution in [-0.2, 0) is 11.2 Å². The average Bonchev–Trinajstić information content (AvgIpc) is 2.57. The summed E-state index contributed by atoms with van der Waals surface area (Å²) < 4.78 is 7.03. The maximum atomic E-state index is 5.67. The lowest BCUT2D eigenvalue weighted by Crippen LogP contribution is -2.00. The van der Waals surface area contributed by atoms with Crippen molar-refractivity contribution in [3.05, 3.63) is 30.4 Å². The van der Waals surface area contributed by atoms with Gasteiger partial charge in [-0.05, 0) is 12.1 Å². The fraction of sp³-hybridized carbons (Fsp3) is 0.300. The topological polar surface area (TPSA) is 52.5 Å². The minimum Gasteiger partial charge on any atom is -0.399 e. The Morgan fingerprint density at radius 3 is 3.21 bits per heavy atom. The van der Waals surface area contributed by atoms with E-state index in [1.165, 1.54) is 0 Å². The highest BCUT2D eigenvalue weighted by molar-refractivity contribution is 5.55. The maximum absolute atomic E-state index is 5.67. The third-order valence-corrected chi connectivity index (χ3v) is 2.16. The smallest absolute Gasteiger partial charge is 0.115 e. The summed E-state index contributed by atoms with van der Waals surface area (Å²) in [4.78, 5) is 4.30. The standard InChI is InChI=1S/C10H13N3O/c1-14-5-3-10-12-7-9-6-8(11)2-4-13(9)10/h2,4,6-7H,3,5,11H2,1H3. The molecule has 0 saturated carbocycles. The number of rotatable bonds is 3. The van der Waals surface area contributed by atoms with E-state index >= 15 is 0 Å². The number of imidazole rings is 1. The number of nitrogen functional groups attached to an aromatic ring is 1. The molecule has 2 N–H and O–H groups in total. The summed E-state index contributed by atoms with van der Waals surface area (Å²) in [6.07, 6.45) is 4.57. The number of methoxy groups -OCH3 is 1. The Morgan fingerprint density at radius 2 is 2.43 bits per heavy atom. The molecule has 0 fully saturated rings. The lowest BCUT2D eigenvalue weighted by atomic mass is 10.3. The lowest BCUT2D eigenvalue weighted by Gasteiger charge is -2.00. The second kappa shape index (κ2) is 3.67. The Kier molecular flexibility index (Phi) is 2.37. The van der Waals surface area contributed by atoms with Crippen LogP contribution in [0, 0.1) is 0 Å². The molecule has 74 valence electrons. The molecule has 0 spiro atoms. The van der Waals surface area contributed by atoms with E-state index in [1.54, 1.807) is 7.11 Å². The first-order valence-corrected chi connectivity index (χ1v) is 4.51. The number of fused-ring (bicyclic) bond motifs is 1. The first-order valence-electron chi connectivity index (χ1n) is 4.51. The molecule has 0 saturated heterocycles. The molecule has 0 aromatic carbocycles. The van der Waals surface area contributed by atoms with Crippen molar-refractivity contribution in [3.8, 4) is 0 Å². The van der Waals surface area contributed by atoms with Crippen LogP contribution in [0.2, 0.25) is 0 Å². The minimum atomic E-state index is 0.684. The zero-order chi connectivity index (χ0) is 9.97. The Morgan fingerprint density at radius 1 is 1.57 bits per heavy atom. The van der Waals surface area contributed by atoms with Crippen LogP contribution in [0.1, 0.15) is 5.82 Å². The molecule has 0 amide bonds. The van der Waals surface area contributed by atoms with Gasteiger partial charge in [-0.3, -0.25) is 0 Å². The highest BCUT2D eigenvalue weighted by atomic mass is 16.5. The third-order valence-electron chi connectivity index (χ3n) is 2.16. The van der Waals surface area contributed by atoms with Crippen LogP contribution in [0.15, 0.2) is 24.5 Å². The van der Waals surface area contributed by atoms with Gasteiger partial charge in [-0.25, -0.2) is 4.98 Å². The van der Waals surface area contributed by atoms with E-state index in [0.717, 1.165) is 23.4 Å². The van der Waals surface area contributed by atoms with Crippen molar-refractivity contribution < 1.29 is 4.74 Å². The van der Waals surface area contributed by atoms with Gasteiger partial charge in [0.1, 0.15) is 5.82 Å². The molecule has 14 heavy (non-hydrogen) atoms. The van der Waals surface area contributed by atoms with Gasteiger partial charge < -0.3 is 14.9 Å². The Balaban J connectivity index is 2.37. The summed E-state index contributed by atoms with van der Waals surface area (Å²) in [6, 6.07) is 3.77. The fourth-order valence-corrected chi connectivity index (χ4v) is 1.45. The molecule has 2 rings (SSSR count). The van der Waals surface area contributed by atoms with Crippen molar-refractivity contribution in [1.29, 1.82) is 0 Å². The molecule has 4 heteroatoms. The first-order chi connectivity index (χ1) is 6.81. The van der Waals surface area contributed by atoms with E-state index in [4.69, 9.17) is 10.5 Å². The zero-order valence-electron chi connectivity index (χ0n) is 8.10. The van der Waals surface area contributed by atoms with Gasteiger partial charge in [0.25, 0.3) is 0 Å². The van der Waals surface area contributed by atoms with E-state index < -0.39 is 0 Å². The van der Waals surface area contributed by atoms with Crippen LogP contribution in [0.4, 0.5) is 5.69 Å². The highest BCUT2D eigenvalue weighted by Crippen LogP contribution is 2.11. The van der Waals surface area contributed by atoms with E-state index in [9.17, 15) is 0 Å². The van der Waals surface area contributed by atoms with Gasteiger partial charge >= 0.3 is 0 Å². The predicted molar refractivity (Wildman–Crippen MR) is 55.2 cm³/mol. The number of ether oxygens (including phenoxy) is 1. The fourth-order valence-electron chi connectivity index (χ4n) is 1.45. The molecule has 0 aliphatic heterocycles. The van der Waals surface area contributed by atoms with E-state index in [-0.39, 0.29) is 0 Å². The molecule has 0 atom stereocenters. The molecular weight excluding hydrogens is 178 g/mol. The number of anilines is 1. The second-order valence-corrected chi connectivity index (χ2v) is 3.17. The van der Waals surface area contributed by atoms with Crippen LogP contribution in [0.25, 0.3) is 5.52 Å². The van der Waals surface area contributed by atoms with Crippen LogP contribution in [0.5, 0.6) is 0 Å². The summed E-state index contributed by atoms with van der Waals surface area (Å²) in [7, 11) is 1.69. The first kappa shape index (κ1) is 9.02. The zero-order valence-corrected chi connectivity index (χ0v) is 8.10. The number of pyridine rings is 1. The van der Waals surface area contributed by atoms with Crippen molar-refractivity contribution in [2.75, 3.05) is 19.5 Å². The van der Waals surface area contributed by atoms with Gasteiger partial charge in [-0.1, -0.05) is 0 Å². The van der Waals surface area contributed by atoms with Gasteiger partial charge in [-0.2, -0.15) is 0 Å². The molecule has 0 radical (unpaired) electrons. The Hall–Kier alpha value is -1.55. The van der Waals surface area contributed by atoms with Crippen molar-refractivity contribution in [2.45, 2.75) is 6.42 Å². The minimum absolute atomic E-state index is 0.684. The average molecular weight is 191 g/mol. The molecule has 0 aliphatic carbocycles. The summed E-state index contributed by atoms with van der Waals surface area (Å²) in [5, 5.41) is 0. The molecule has 2 aromatic rings. The Bertz CT molecular complexity index is 436. The lowest BCUT2D eigenvalue weighted by molar-refractivity contribution is 0.200. The molecular formula is C10H13N3O. The van der Waals surface area contributed by atoms with Crippen LogP contribution in [0.3, 0.4) is 0 Å². The highest BCUT2D eigenvalue weighted by Gasteiger charge is 2.02. The number of nitrogens with two attached hydrogens (primary N) is 1. The van der Waals surface area contributed by atoms with E-state index in [2.05, 4.69) is 4.98 Å². The van der Waals surface area contributed by atoms with Gasteiger partial charge in [0.15, 0.2) is 0 Å². The number of aromatic nitrogens is 2. The Labute approximate surface area is 82.3 Å². The van der Waals surface area contributed by atoms with Crippen molar-refractivity contribution in [3.63, 3.8) is 0 Å². The summed E-state index contributed by atoms with van der Waals surface area (Å²) >= 11 is 0. The molecule has 0 bridgehead atoms. The van der Waals surface area contributed by atoms with Crippen LogP contribution in [-0.4, -0.2) is 23.1 Å². The molecule has 4 nitrogen and oxygen atoms in total. The number of hydrogen-bond acceptors (Lipinski definition) is 3. The second-order valence-electron chi connectivity index (χ2n) is 3.17. The van der Waals surface area contributed by atoms with Crippen molar-refractivity contribution in [2.24, 2.45) is 0 Å². The van der Waals surface area contributed by atoms with E-state index in [0.29, 0.717) is 6.61 Å². The van der Waals surface area contributed by atoms with Gasteiger partial charge in [0.05, 0.1) is 18.3 Å². The third kappa shape index (κ3) is 1.56. The van der Waals surface area contributed by atoms with Crippen molar-refractivity contribution in [1.82, 2.24) is 9.38 Å². The number of nitrogens with zero attached hydrogens (tertiary/aromatic N) is 2. The molecule has 0 aliphatic rings. The molecule has 0 unspecified atom stereocenters. The van der Waals surface area contributed by atoms with Crippen LogP contribution < -0.4 is 5.73 Å². The largest absolute Gasteiger partial charge is 0.399 e. The van der Waals surface area contributed by atoms with Gasteiger partial charge in [0, 0.05) is 25.4 Å².